The summed E-state index contributed by atoms with van der Waals surface area (Å²) >= 11 is 0. The molecule has 0 atom stereocenters. The van der Waals surface area contributed by atoms with E-state index in [0.717, 1.165) is 5.56 Å². The highest BCUT2D eigenvalue weighted by molar-refractivity contribution is 5.92. The Labute approximate surface area is 94.2 Å². The Balaban J connectivity index is 1.91. The SMILES string of the molecule is CC1(O)CN(C(=O)C=Cc2cccnc2)C1. The average Bonchev–Trinajstić information content (AvgIpc) is 2.24. The summed E-state index contributed by atoms with van der Waals surface area (Å²) in [5.74, 6) is -0.0737. The molecule has 1 amide bonds. The summed E-state index contributed by atoms with van der Waals surface area (Å²) in [6, 6.07) is 3.70. The minimum atomic E-state index is -0.711. The molecule has 16 heavy (non-hydrogen) atoms. The molecule has 1 N–H and O–H groups in total. The predicted octanol–water partition coefficient (Wildman–Crippen LogP) is 0.688. The minimum absolute atomic E-state index is 0.0737. The standard InChI is InChI=1S/C12H14N2O2/c1-12(16)8-14(9-12)11(15)5-4-10-3-2-6-13-7-10/h2-7,16H,8-9H2,1H3. The second-order valence-electron chi connectivity index (χ2n) is 4.31. The van der Waals surface area contributed by atoms with Gasteiger partial charge < -0.3 is 10.0 Å². The summed E-state index contributed by atoms with van der Waals surface area (Å²) in [7, 11) is 0. The number of carbonyl (C=O) groups is 1. The Morgan fingerprint density at radius 3 is 2.94 bits per heavy atom. The first-order chi connectivity index (χ1) is 7.57. The fourth-order valence-corrected chi connectivity index (χ4v) is 1.68. The number of aromatic nitrogens is 1. The van der Waals surface area contributed by atoms with Crippen molar-refractivity contribution in [1.29, 1.82) is 0 Å². The summed E-state index contributed by atoms with van der Waals surface area (Å²) in [5, 5.41) is 9.49. The zero-order chi connectivity index (χ0) is 11.6. The first-order valence-electron chi connectivity index (χ1n) is 5.16. The van der Waals surface area contributed by atoms with Crippen molar-refractivity contribution in [3.05, 3.63) is 36.2 Å². The average molecular weight is 218 g/mol. The molecule has 1 aromatic rings. The van der Waals surface area contributed by atoms with Crippen molar-refractivity contribution in [3.8, 4) is 0 Å². The van der Waals surface area contributed by atoms with E-state index in [-0.39, 0.29) is 5.91 Å². The van der Waals surface area contributed by atoms with Gasteiger partial charge in [0.25, 0.3) is 0 Å². The number of likely N-dealkylation sites (tertiary alicyclic amines) is 1. The van der Waals surface area contributed by atoms with Gasteiger partial charge in [0.2, 0.25) is 5.91 Å². The minimum Gasteiger partial charge on any atom is -0.386 e. The number of aliphatic hydroxyl groups is 1. The zero-order valence-corrected chi connectivity index (χ0v) is 9.13. The maximum absolute atomic E-state index is 11.6. The van der Waals surface area contributed by atoms with Gasteiger partial charge in [-0.3, -0.25) is 9.78 Å². The van der Waals surface area contributed by atoms with Crippen molar-refractivity contribution in [2.75, 3.05) is 13.1 Å². The molecule has 2 heterocycles. The van der Waals surface area contributed by atoms with Crippen molar-refractivity contribution in [2.45, 2.75) is 12.5 Å². The summed E-state index contributed by atoms with van der Waals surface area (Å²) in [5.41, 5.74) is 0.181. The van der Waals surface area contributed by atoms with Crippen molar-refractivity contribution in [3.63, 3.8) is 0 Å². The van der Waals surface area contributed by atoms with Crippen LogP contribution in [0.15, 0.2) is 30.6 Å². The number of hydrogen-bond acceptors (Lipinski definition) is 3. The van der Waals surface area contributed by atoms with Crippen LogP contribution in [0.4, 0.5) is 0 Å². The van der Waals surface area contributed by atoms with Crippen LogP contribution in [0.2, 0.25) is 0 Å². The van der Waals surface area contributed by atoms with E-state index < -0.39 is 5.60 Å². The molecule has 0 bridgehead atoms. The molecule has 0 saturated carbocycles. The lowest BCUT2D eigenvalue weighted by atomic mass is 9.97. The quantitative estimate of drug-likeness (QED) is 0.743. The van der Waals surface area contributed by atoms with Gasteiger partial charge in [0.1, 0.15) is 0 Å². The smallest absolute Gasteiger partial charge is 0.246 e. The Morgan fingerprint density at radius 2 is 2.38 bits per heavy atom. The van der Waals surface area contributed by atoms with E-state index in [0.29, 0.717) is 13.1 Å². The van der Waals surface area contributed by atoms with Crippen LogP contribution in [0.5, 0.6) is 0 Å². The van der Waals surface area contributed by atoms with Crippen LogP contribution in [0, 0.1) is 0 Å². The molecule has 84 valence electrons. The van der Waals surface area contributed by atoms with Crippen LogP contribution in [0.3, 0.4) is 0 Å². The molecule has 1 aromatic heterocycles. The maximum Gasteiger partial charge on any atom is 0.246 e. The topological polar surface area (TPSA) is 53.4 Å². The number of amides is 1. The van der Waals surface area contributed by atoms with Gasteiger partial charge in [-0.05, 0) is 24.6 Å². The maximum atomic E-state index is 11.6. The fraction of sp³-hybridized carbons (Fsp3) is 0.333. The van der Waals surface area contributed by atoms with Crippen molar-refractivity contribution in [2.24, 2.45) is 0 Å². The fourth-order valence-electron chi connectivity index (χ4n) is 1.68. The van der Waals surface area contributed by atoms with Crippen LogP contribution in [0.25, 0.3) is 6.08 Å². The van der Waals surface area contributed by atoms with Gasteiger partial charge in [0.05, 0.1) is 18.7 Å². The lowest BCUT2D eigenvalue weighted by Gasteiger charge is -2.43. The number of carbonyl (C=O) groups excluding carboxylic acids is 1. The van der Waals surface area contributed by atoms with E-state index in [1.54, 1.807) is 30.3 Å². The molecular formula is C12H14N2O2. The lowest BCUT2D eigenvalue weighted by Crippen LogP contribution is -2.61. The molecule has 1 aliphatic heterocycles. The molecule has 2 rings (SSSR count). The summed E-state index contributed by atoms with van der Waals surface area (Å²) < 4.78 is 0. The van der Waals surface area contributed by atoms with Crippen LogP contribution < -0.4 is 0 Å². The van der Waals surface area contributed by atoms with Gasteiger partial charge in [-0.15, -0.1) is 0 Å². The summed E-state index contributed by atoms with van der Waals surface area (Å²) in [6.07, 6.45) is 6.61. The van der Waals surface area contributed by atoms with Gasteiger partial charge in [0.15, 0.2) is 0 Å². The molecule has 0 spiro atoms. The monoisotopic (exact) mass is 218 g/mol. The Hall–Kier alpha value is -1.68. The number of pyridine rings is 1. The van der Waals surface area contributed by atoms with Crippen molar-refractivity contribution >= 4 is 12.0 Å². The second-order valence-corrected chi connectivity index (χ2v) is 4.31. The molecule has 1 fully saturated rings. The molecule has 1 aliphatic rings. The zero-order valence-electron chi connectivity index (χ0n) is 9.13. The van der Waals surface area contributed by atoms with Gasteiger partial charge in [-0.2, -0.15) is 0 Å². The van der Waals surface area contributed by atoms with Gasteiger partial charge in [-0.1, -0.05) is 6.07 Å². The van der Waals surface area contributed by atoms with Crippen LogP contribution in [-0.4, -0.2) is 39.6 Å². The number of β-amino-alcohol motifs (C(OH)–C–C–N with tert-alkyl or cyclic N) is 1. The van der Waals surface area contributed by atoms with E-state index in [1.807, 2.05) is 12.1 Å². The third-order valence-corrected chi connectivity index (χ3v) is 2.48. The van der Waals surface area contributed by atoms with E-state index in [9.17, 15) is 9.90 Å². The molecule has 0 aromatic carbocycles. The van der Waals surface area contributed by atoms with E-state index in [1.165, 1.54) is 6.08 Å². The molecule has 1 saturated heterocycles. The third kappa shape index (κ3) is 2.46. The molecule has 0 aliphatic carbocycles. The number of hydrogen-bond donors (Lipinski definition) is 1. The summed E-state index contributed by atoms with van der Waals surface area (Å²) in [4.78, 5) is 17.1. The van der Waals surface area contributed by atoms with E-state index in [2.05, 4.69) is 4.98 Å². The highest BCUT2D eigenvalue weighted by Crippen LogP contribution is 2.19. The second kappa shape index (κ2) is 4.06. The highest BCUT2D eigenvalue weighted by atomic mass is 16.3. The molecule has 4 heteroatoms. The number of rotatable bonds is 2. The molecule has 0 radical (unpaired) electrons. The molecule has 0 unspecified atom stereocenters. The molecule has 4 nitrogen and oxygen atoms in total. The van der Waals surface area contributed by atoms with Crippen LogP contribution >= 0.6 is 0 Å². The lowest BCUT2D eigenvalue weighted by molar-refractivity contribution is -0.146. The largest absolute Gasteiger partial charge is 0.386 e. The van der Waals surface area contributed by atoms with E-state index in [4.69, 9.17) is 0 Å². The first kappa shape index (κ1) is 10.8. The van der Waals surface area contributed by atoms with Gasteiger partial charge in [0, 0.05) is 18.5 Å². The summed E-state index contributed by atoms with van der Waals surface area (Å²) in [6.45, 7) is 2.54. The Kier molecular flexibility index (Phi) is 2.75. The normalized spacial score (nSPS) is 18.5. The predicted molar refractivity (Wildman–Crippen MR) is 60.5 cm³/mol. The van der Waals surface area contributed by atoms with Crippen molar-refractivity contribution < 1.29 is 9.90 Å². The Bertz CT molecular complexity index is 404. The number of nitrogens with zero attached hydrogens (tertiary/aromatic N) is 2. The third-order valence-electron chi connectivity index (χ3n) is 2.48. The van der Waals surface area contributed by atoms with Crippen LogP contribution in [-0.2, 0) is 4.79 Å². The van der Waals surface area contributed by atoms with Gasteiger partial charge >= 0.3 is 0 Å². The van der Waals surface area contributed by atoms with E-state index >= 15 is 0 Å². The molecular weight excluding hydrogens is 204 g/mol. The van der Waals surface area contributed by atoms with Crippen molar-refractivity contribution in [1.82, 2.24) is 9.88 Å². The van der Waals surface area contributed by atoms with Gasteiger partial charge in [-0.25, -0.2) is 0 Å². The van der Waals surface area contributed by atoms with Crippen LogP contribution in [0.1, 0.15) is 12.5 Å². The Morgan fingerprint density at radius 1 is 1.62 bits per heavy atom. The highest BCUT2D eigenvalue weighted by Gasteiger charge is 2.38. The first-order valence-corrected chi connectivity index (χ1v) is 5.16.